The van der Waals surface area contributed by atoms with Crippen molar-refractivity contribution in [3.05, 3.63) is 47.9 Å². The van der Waals surface area contributed by atoms with Crippen LogP contribution < -0.4 is 5.32 Å². The topological polar surface area (TPSA) is 51.0 Å². The molecular formula is C13H17N3O. The summed E-state index contributed by atoms with van der Waals surface area (Å²) in [6.45, 7) is 4.96. The first kappa shape index (κ1) is 11.8. The van der Waals surface area contributed by atoms with Crippen LogP contribution in [0.25, 0.3) is 0 Å². The normalized spacial score (nSPS) is 12.6. The first-order chi connectivity index (χ1) is 8.29. The molecule has 2 heterocycles. The minimum atomic E-state index is 0.137. The maximum Gasteiger partial charge on any atom is 0.145 e. The Balaban J connectivity index is 2.13. The lowest BCUT2D eigenvalue weighted by molar-refractivity contribution is 0.513. The number of aryl methyl sites for hydroxylation is 1. The fourth-order valence-electron chi connectivity index (χ4n) is 1.73. The van der Waals surface area contributed by atoms with Crippen LogP contribution in [0.2, 0.25) is 0 Å². The summed E-state index contributed by atoms with van der Waals surface area (Å²) in [6, 6.07) is 2.11. The molecule has 4 nitrogen and oxygen atoms in total. The average molecular weight is 231 g/mol. The summed E-state index contributed by atoms with van der Waals surface area (Å²) in [4.78, 5) is 8.75. The van der Waals surface area contributed by atoms with Gasteiger partial charge in [-0.15, -0.1) is 0 Å². The monoisotopic (exact) mass is 231 g/mol. The molecule has 0 aromatic carbocycles. The van der Waals surface area contributed by atoms with Gasteiger partial charge in [0, 0.05) is 12.4 Å². The van der Waals surface area contributed by atoms with Gasteiger partial charge in [-0.25, -0.2) is 9.97 Å². The SMILES string of the molecule is CCNC(Cc1ccoc1)c1ncc(C)cn1. The second-order valence-electron chi connectivity index (χ2n) is 4.06. The first-order valence-corrected chi connectivity index (χ1v) is 5.82. The second kappa shape index (κ2) is 5.59. The summed E-state index contributed by atoms with van der Waals surface area (Å²) in [7, 11) is 0. The molecule has 4 heteroatoms. The number of hydrogen-bond acceptors (Lipinski definition) is 4. The highest BCUT2D eigenvalue weighted by atomic mass is 16.3. The lowest BCUT2D eigenvalue weighted by Crippen LogP contribution is -2.24. The fourth-order valence-corrected chi connectivity index (χ4v) is 1.73. The van der Waals surface area contributed by atoms with Crippen LogP contribution in [-0.4, -0.2) is 16.5 Å². The second-order valence-corrected chi connectivity index (χ2v) is 4.06. The fraction of sp³-hybridized carbons (Fsp3) is 0.385. The standard InChI is InChI=1S/C13H17N3O/c1-3-14-12(6-11-4-5-17-9-11)13-15-7-10(2)8-16-13/h4-5,7-9,12,14H,3,6H2,1-2H3. The van der Waals surface area contributed by atoms with Gasteiger partial charge in [0.15, 0.2) is 0 Å². The highest BCUT2D eigenvalue weighted by molar-refractivity contribution is 5.12. The summed E-state index contributed by atoms with van der Waals surface area (Å²) in [5.41, 5.74) is 2.23. The third kappa shape index (κ3) is 3.14. The molecule has 0 bridgehead atoms. The van der Waals surface area contributed by atoms with Gasteiger partial charge < -0.3 is 9.73 Å². The predicted octanol–water partition coefficient (Wildman–Crippen LogP) is 2.27. The predicted molar refractivity (Wildman–Crippen MR) is 65.6 cm³/mol. The Morgan fingerprint density at radius 1 is 1.35 bits per heavy atom. The Morgan fingerprint density at radius 2 is 2.12 bits per heavy atom. The Hall–Kier alpha value is -1.68. The highest BCUT2D eigenvalue weighted by Gasteiger charge is 2.14. The maximum absolute atomic E-state index is 5.08. The number of nitrogens with one attached hydrogen (secondary N) is 1. The summed E-state index contributed by atoms with van der Waals surface area (Å²) in [6.07, 6.45) is 7.99. The maximum atomic E-state index is 5.08. The van der Waals surface area contributed by atoms with E-state index >= 15 is 0 Å². The van der Waals surface area contributed by atoms with Crippen LogP contribution in [-0.2, 0) is 6.42 Å². The van der Waals surface area contributed by atoms with Crippen molar-refractivity contribution in [2.45, 2.75) is 26.3 Å². The number of aromatic nitrogens is 2. The molecule has 0 aliphatic carbocycles. The lowest BCUT2D eigenvalue weighted by Gasteiger charge is -2.15. The minimum Gasteiger partial charge on any atom is -0.472 e. The Morgan fingerprint density at radius 3 is 2.71 bits per heavy atom. The quantitative estimate of drug-likeness (QED) is 0.857. The van der Waals surface area contributed by atoms with Crippen molar-refractivity contribution in [1.29, 1.82) is 0 Å². The largest absolute Gasteiger partial charge is 0.472 e. The van der Waals surface area contributed by atoms with E-state index in [1.54, 1.807) is 12.5 Å². The third-order valence-electron chi connectivity index (χ3n) is 2.58. The zero-order chi connectivity index (χ0) is 12.1. The molecule has 0 radical (unpaired) electrons. The number of nitrogens with zero attached hydrogens (tertiary/aromatic N) is 2. The molecule has 90 valence electrons. The van der Waals surface area contributed by atoms with Gasteiger partial charge in [-0.2, -0.15) is 0 Å². The van der Waals surface area contributed by atoms with Gasteiger partial charge in [-0.3, -0.25) is 0 Å². The van der Waals surface area contributed by atoms with Crippen molar-refractivity contribution >= 4 is 0 Å². The summed E-state index contributed by atoms with van der Waals surface area (Å²) in [5, 5.41) is 3.39. The van der Waals surface area contributed by atoms with Crippen LogP contribution in [0.4, 0.5) is 0 Å². The molecule has 0 saturated carbocycles. The first-order valence-electron chi connectivity index (χ1n) is 5.82. The molecule has 0 aliphatic heterocycles. The smallest absolute Gasteiger partial charge is 0.145 e. The number of rotatable bonds is 5. The van der Waals surface area contributed by atoms with Crippen LogP contribution in [0.3, 0.4) is 0 Å². The van der Waals surface area contributed by atoms with Crippen molar-refractivity contribution in [2.75, 3.05) is 6.54 Å². The number of furan rings is 1. The molecule has 1 unspecified atom stereocenters. The van der Waals surface area contributed by atoms with E-state index in [4.69, 9.17) is 4.42 Å². The Bertz CT molecular complexity index is 436. The minimum absolute atomic E-state index is 0.137. The van der Waals surface area contributed by atoms with Crippen molar-refractivity contribution in [3.8, 4) is 0 Å². The molecule has 1 atom stereocenters. The molecule has 0 amide bonds. The van der Waals surface area contributed by atoms with Gasteiger partial charge in [0.05, 0.1) is 18.6 Å². The Kier molecular flexibility index (Phi) is 3.88. The number of likely N-dealkylation sites (N-methyl/N-ethyl adjacent to an activating group) is 1. The van der Waals surface area contributed by atoms with E-state index < -0.39 is 0 Å². The van der Waals surface area contributed by atoms with Crippen LogP contribution in [0.15, 0.2) is 35.4 Å². The molecule has 0 spiro atoms. The van der Waals surface area contributed by atoms with Crippen molar-refractivity contribution in [1.82, 2.24) is 15.3 Å². The molecular weight excluding hydrogens is 214 g/mol. The van der Waals surface area contributed by atoms with Gasteiger partial charge >= 0.3 is 0 Å². The summed E-state index contributed by atoms with van der Waals surface area (Å²) >= 11 is 0. The van der Waals surface area contributed by atoms with Crippen molar-refractivity contribution < 1.29 is 4.42 Å². The van der Waals surface area contributed by atoms with Crippen LogP contribution in [0.5, 0.6) is 0 Å². The van der Waals surface area contributed by atoms with Gasteiger partial charge in [-0.05, 0) is 37.1 Å². The zero-order valence-corrected chi connectivity index (χ0v) is 10.2. The van der Waals surface area contributed by atoms with Crippen LogP contribution in [0, 0.1) is 6.92 Å². The van der Waals surface area contributed by atoms with Crippen LogP contribution >= 0.6 is 0 Å². The van der Waals surface area contributed by atoms with Gasteiger partial charge in [0.25, 0.3) is 0 Å². The van der Waals surface area contributed by atoms with E-state index in [0.717, 1.165) is 29.9 Å². The average Bonchev–Trinajstić information content (AvgIpc) is 2.82. The molecule has 0 aliphatic rings. The van der Waals surface area contributed by atoms with Gasteiger partial charge in [0.1, 0.15) is 5.82 Å². The molecule has 1 N–H and O–H groups in total. The molecule has 17 heavy (non-hydrogen) atoms. The third-order valence-corrected chi connectivity index (χ3v) is 2.58. The molecule has 0 saturated heterocycles. The lowest BCUT2D eigenvalue weighted by atomic mass is 10.1. The zero-order valence-electron chi connectivity index (χ0n) is 10.2. The van der Waals surface area contributed by atoms with Gasteiger partial charge in [0.2, 0.25) is 0 Å². The highest BCUT2D eigenvalue weighted by Crippen LogP contribution is 2.15. The summed E-state index contributed by atoms with van der Waals surface area (Å²) in [5.74, 6) is 0.832. The van der Waals surface area contributed by atoms with Crippen molar-refractivity contribution in [2.24, 2.45) is 0 Å². The molecule has 0 fully saturated rings. The number of hydrogen-bond donors (Lipinski definition) is 1. The van der Waals surface area contributed by atoms with E-state index in [1.165, 1.54) is 0 Å². The van der Waals surface area contributed by atoms with Crippen LogP contribution in [0.1, 0.15) is 29.9 Å². The van der Waals surface area contributed by atoms with E-state index in [9.17, 15) is 0 Å². The summed E-state index contributed by atoms with van der Waals surface area (Å²) < 4.78 is 5.08. The molecule has 2 rings (SSSR count). The van der Waals surface area contributed by atoms with E-state index in [0.29, 0.717) is 0 Å². The van der Waals surface area contributed by atoms with E-state index in [-0.39, 0.29) is 6.04 Å². The Labute approximate surface area is 101 Å². The van der Waals surface area contributed by atoms with E-state index in [2.05, 4.69) is 22.2 Å². The van der Waals surface area contributed by atoms with Gasteiger partial charge in [-0.1, -0.05) is 6.92 Å². The van der Waals surface area contributed by atoms with Crippen molar-refractivity contribution in [3.63, 3.8) is 0 Å². The van der Waals surface area contributed by atoms with E-state index in [1.807, 2.05) is 25.4 Å². The molecule has 2 aromatic rings. The molecule has 2 aromatic heterocycles.